The van der Waals surface area contributed by atoms with Crippen molar-refractivity contribution in [1.82, 2.24) is 9.88 Å². The SMILES string of the molecule is Cc1nc(CN(Cc2ccccc2F)C2CCOCC2)cs1. The fraction of sp³-hybridized carbons (Fsp3) is 0.471. The number of benzene rings is 1. The highest BCUT2D eigenvalue weighted by atomic mass is 32.1. The van der Waals surface area contributed by atoms with E-state index in [2.05, 4.69) is 15.3 Å². The number of rotatable bonds is 5. The smallest absolute Gasteiger partial charge is 0.127 e. The minimum atomic E-state index is -0.131. The van der Waals surface area contributed by atoms with Crippen LogP contribution in [-0.4, -0.2) is 29.1 Å². The highest BCUT2D eigenvalue weighted by Gasteiger charge is 2.23. The van der Waals surface area contributed by atoms with Gasteiger partial charge in [-0.15, -0.1) is 11.3 Å². The van der Waals surface area contributed by atoms with Crippen LogP contribution in [0.2, 0.25) is 0 Å². The molecule has 0 bridgehead atoms. The number of halogens is 1. The average Bonchev–Trinajstić information content (AvgIpc) is 2.95. The van der Waals surface area contributed by atoms with Crippen molar-refractivity contribution in [1.29, 1.82) is 0 Å². The first kappa shape index (κ1) is 15.6. The number of hydrogen-bond acceptors (Lipinski definition) is 4. The van der Waals surface area contributed by atoms with Crippen LogP contribution in [0.5, 0.6) is 0 Å². The molecule has 0 N–H and O–H groups in total. The minimum absolute atomic E-state index is 0.131. The van der Waals surface area contributed by atoms with Gasteiger partial charge in [-0.3, -0.25) is 4.90 Å². The Morgan fingerprint density at radius 2 is 2.05 bits per heavy atom. The van der Waals surface area contributed by atoms with E-state index in [-0.39, 0.29) is 5.82 Å². The van der Waals surface area contributed by atoms with Crippen LogP contribution in [0.1, 0.15) is 29.1 Å². The van der Waals surface area contributed by atoms with Crippen LogP contribution < -0.4 is 0 Å². The van der Waals surface area contributed by atoms with Gasteiger partial charge in [0, 0.05) is 43.3 Å². The van der Waals surface area contributed by atoms with Crippen LogP contribution in [0.15, 0.2) is 29.6 Å². The van der Waals surface area contributed by atoms with Crippen LogP contribution >= 0.6 is 11.3 Å². The first-order chi connectivity index (χ1) is 10.7. The molecule has 0 saturated carbocycles. The third-order valence-corrected chi connectivity index (χ3v) is 4.89. The van der Waals surface area contributed by atoms with E-state index in [1.165, 1.54) is 6.07 Å². The number of ether oxygens (including phenoxy) is 1. The Hall–Kier alpha value is -1.30. The quantitative estimate of drug-likeness (QED) is 0.838. The predicted octanol–water partition coefficient (Wildman–Crippen LogP) is 3.77. The van der Waals surface area contributed by atoms with Crippen LogP contribution in [0, 0.1) is 12.7 Å². The van der Waals surface area contributed by atoms with Crippen LogP contribution in [0.3, 0.4) is 0 Å². The molecule has 1 aliphatic rings. The summed E-state index contributed by atoms with van der Waals surface area (Å²) < 4.78 is 19.5. The van der Waals surface area contributed by atoms with E-state index in [1.54, 1.807) is 17.4 Å². The molecule has 1 aliphatic heterocycles. The van der Waals surface area contributed by atoms with Gasteiger partial charge in [0.1, 0.15) is 5.82 Å². The zero-order valence-electron chi connectivity index (χ0n) is 12.8. The summed E-state index contributed by atoms with van der Waals surface area (Å²) in [6, 6.07) is 7.46. The van der Waals surface area contributed by atoms with Crippen molar-refractivity contribution >= 4 is 11.3 Å². The third-order valence-electron chi connectivity index (χ3n) is 4.07. The molecule has 0 aliphatic carbocycles. The van der Waals surface area contributed by atoms with Crippen molar-refractivity contribution in [3.8, 4) is 0 Å². The van der Waals surface area contributed by atoms with Gasteiger partial charge in [-0.05, 0) is 25.8 Å². The van der Waals surface area contributed by atoms with Gasteiger partial charge >= 0.3 is 0 Å². The lowest BCUT2D eigenvalue weighted by Gasteiger charge is -2.34. The molecule has 118 valence electrons. The van der Waals surface area contributed by atoms with Crippen molar-refractivity contribution in [2.24, 2.45) is 0 Å². The van der Waals surface area contributed by atoms with Gasteiger partial charge in [-0.2, -0.15) is 0 Å². The maximum absolute atomic E-state index is 14.0. The Labute approximate surface area is 134 Å². The summed E-state index contributed by atoms with van der Waals surface area (Å²) in [5, 5.41) is 3.18. The normalized spacial score (nSPS) is 16.3. The molecule has 1 fully saturated rings. The fourth-order valence-corrected chi connectivity index (χ4v) is 3.50. The average molecular weight is 320 g/mol. The highest BCUT2D eigenvalue weighted by molar-refractivity contribution is 7.09. The molecule has 5 heteroatoms. The zero-order valence-corrected chi connectivity index (χ0v) is 13.6. The van der Waals surface area contributed by atoms with Gasteiger partial charge in [0.2, 0.25) is 0 Å². The lowest BCUT2D eigenvalue weighted by Crippen LogP contribution is -2.38. The topological polar surface area (TPSA) is 25.4 Å². The molecular formula is C17H21FN2OS. The number of nitrogens with zero attached hydrogens (tertiary/aromatic N) is 2. The van der Waals surface area contributed by atoms with E-state index in [0.29, 0.717) is 12.6 Å². The molecule has 2 aromatic rings. The molecular weight excluding hydrogens is 299 g/mol. The number of aromatic nitrogens is 1. The molecule has 0 atom stereocenters. The van der Waals surface area contributed by atoms with E-state index >= 15 is 0 Å². The summed E-state index contributed by atoms with van der Waals surface area (Å²) in [5.41, 5.74) is 1.83. The molecule has 1 saturated heterocycles. The van der Waals surface area contributed by atoms with Crippen LogP contribution in [-0.2, 0) is 17.8 Å². The maximum Gasteiger partial charge on any atom is 0.127 e. The molecule has 0 radical (unpaired) electrons. The summed E-state index contributed by atoms with van der Waals surface area (Å²) in [6.07, 6.45) is 2.00. The second-order valence-electron chi connectivity index (χ2n) is 5.70. The molecule has 3 nitrogen and oxygen atoms in total. The molecule has 0 unspecified atom stereocenters. The Balaban J connectivity index is 1.77. The van der Waals surface area contributed by atoms with Gasteiger partial charge in [0.25, 0.3) is 0 Å². The Morgan fingerprint density at radius 3 is 2.73 bits per heavy atom. The van der Waals surface area contributed by atoms with E-state index < -0.39 is 0 Å². The summed E-state index contributed by atoms with van der Waals surface area (Å²) in [5.74, 6) is -0.131. The fourth-order valence-electron chi connectivity index (χ4n) is 2.90. The number of hydrogen-bond donors (Lipinski definition) is 0. The predicted molar refractivity (Wildman–Crippen MR) is 86.3 cm³/mol. The molecule has 22 heavy (non-hydrogen) atoms. The summed E-state index contributed by atoms with van der Waals surface area (Å²) in [7, 11) is 0. The van der Waals surface area contributed by atoms with Crippen molar-refractivity contribution in [3.63, 3.8) is 0 Å². The van der Waals surface area contributed by atoms with Crippen molar-refractivity contribution in [2.75, 3.05) is 13.2 Å². The summed E-state index contributed by atoms with van der Waals surface area (Å²) >= 11 is 1.67. The Kier molecular flexibility index (Phi) is 5.18. The van der Waals surface area contributed by atoms with Crippen LogP contribution in [0.25, 0.3) is 0 Å². The second kappa shape index (κ2) is 7.31. The largest absolute Gasteiger partial charge is 0.381 e. The molecule has 1 aromatic heterocycles. The van der Waals surface area contributed by atoms with Crippen molar-refractivity contribution in [3.05, 3.63) is 51.7 Å². The monoisotopic (exact) mass is 320 g/mol. The van der Waals surface area contributed by atoms with Gasteiger partial charge in [-0.1, -0.05) is 18.2 Å². The maximum atomic E-state index is 14.0. The van der Waals surface area contributed by atoms with E-state index in [1.807, 2.05) is 19.1 Å². The summed E-state index contributed by atoms with van der Waals surface area (Å²) in [4.78, 5) is 6.90. The Bertz CT molecular complexity index is 610. The Morgan fingerprint density at radius 1 is 1.27 bits per heavy atom. The van der Waals surface area contributed by atoms with Gasteiger partial charge in [-0.25, -0.2) is 9.37 Å². The lowest BCUT2D eigenvalue weighted by atomic mass is 10.1. The van der Waals surface area contributed by atoms with E-state index in [4.69, 9.17) is 4.74 Å². The van der Waals surface area contributed by atoms with E-state index in [0.717, 1.165) is 48.9 Å². The molecule has 3 rings (SSSR count). The molecule has 1 aromatic carbocycles. The standard InChI is InChI=1S/C17H21FN2OS/c1-13-19-15(12-22-13)11-20(16-6-8-21-9-7-16)10-14-4-2-3-5-17(14)18/h2-5,12,16H,6-11H2,1H3. The lowest BCUT2D eigenvalue weighted by molar-refractivity contribution is 0.0269. The first-order valence-corrected chi connectivity index (χ1v) is 8.56. The molecule has 0 amide bonds. The molecule has 0 spiro atoms. The van der Waals surface area contributed by atoms with Crippen molar-refractivity contribution < 1.29 is 9.13 Å². The van der Waals surface area contributed by atoms with Crippen molar-refractivity contribution in [2.45, 2.75) is 38.9 Å². The third kappa shape index (κ3) is 3.91. The molecule has 2 heterocycles. The first-order valence-electron chi connectivity index (χ1n) is 7.68. The minimum Gasteiger partial charge on any atom is -0.381 e. The number of aryl methyl sites for hydroxylation is 1. The van der Waals surface area contributed by atoms with Gasteiger partial charge < -0.3 is 4.74 Å². The van der Waals surface area contributed by atoms with Gasteiger partial charge in [0.15, 0.2) is 0 Å². The second-order valence-corrected chi connectivity index (χ2v) is 6.76. The summed E-state index contributed by atoms with van der Waals surface area (Å²) in [6.45, 7) is 4.98. The van der Waals surface area contributed by atoms with Crippen LogP contribution in [0.4, 0.5) is 4.39 Å². The zero-order chi connectivity index (χ0) is 15.4. The van der Waals surface area contributed by atoms with Gasteiger partial charge in [0.05, 0.1) is 10.7 Å². The highest BCUT2D eigenvalue weighted by Crippen LogP contribution is 2.22. The van der Waals surface area contributed by atoms with E-state index in [9.17, 15) is 4.39 Å². The number of thiazole rings is 1.